The van der Waals surface area contributed by atoms with Crippen LogP contribution < -0.4 is 15.5 Å². The van der Waals surface area contributed by atoms with Crippen molar-refractivity contribution in [3.05, 3.63) is 58.6 Å². The number of benzene rings is 2. The molecule has 0 spiro atoms. The molecule has 8 nitrogen and oxygen atoms in total. The van der Waals surface area contributed by atoms with Gasteiger partial charge in [0.1, 0.15) is 5.69 Å². The molecule has 0 aliphatic carbocycles. The van der Waals surface area contributed by atoms with Gasteiger partial charge in [0.2, 0.25) is 11.8 Å². The monoisotopic (exact) mass is 410 g/mol. The highest BCUT2D eigenvalue weighted by Crippen LogP contribution is 2.31. The highest BCUT2D eigenvalue weighted by Gasteiger charge is 2.28. The molecular formula is C22H26N4O4. The molecule has 1 heterocycles. The van der Waals surface area contributed by atoms with Crippen LogP contribution in [0.4, 0.5) is 22.7 Å². The molecule has 1 saturated heterocycles. The Morgan fingerprint density at radius 3 is 2.13 bits per heavy atom. The number of nitro groups is 1. The fourth-order valence-corrected chi connectivity index (χ4v) is 3.44. The van der Waals surface area contributed by atoms with E-state index in [2.05, 4.69) is 10.6 Å². The van der Waals surface area contributed by atoms with Gasteiger partial charge in [0.25, 0.3) is 5.69 Å². The summed E-state index contributed by atoms with van der Waals surface area (Å²) in [5.74, 6) is -0.370. The van der Waals surface area contributed by atoms with Crippen molar-refractivity contribution in [2.75, 3.05) is 28.6 Å². The van der Waals surface area contributed by atoms with Gasteiger partial charge in [-0.05, 0) is 43.2 Å². The smallest absolute Gasteiger partial charge is 0.292 e. The molecule has 2 N–H and O–H groups in total. The van der Waals surface area contributed by atoms with E-state index in [0.717, 1.165) is 0 Å². The van der Waals surface area contributed by atoms with Gasteiger partial charge in [0.15, 0.2) is 0 Å². The lowest BCUT2D eigenvalue weighted by atomic mass is 9.95. The van der Waals surface area contributed by atoms with Crippen molar-refractivity contribution in [3.8, 4) is 0 Å². The second-order valence-electron chi connectivity index (χ2n) is 7.72. The van der Waals surface area contributed by atoms with Gasteiger partial charge >= 0.3 is 0 Å². The third-order valence-electron chi connectivity index (χ3n) is 5.23. The number of anilines is 3. The first-order valence-corrected chi connectivity index (χ1v) is 10.1. The second-order valence-corrected chi connectivity index (χ2v) is 7.72. The van der Waals surface area contributed by atoms with Gasteiger partial charge in [-0.3, -0.25) is 19.7 Å². The molecule has 0 unspecified atom stereocenters. The fourth-order valence-electron chi connectivity index (χ4n) is 3.44. The van der Waals surface area contributed by atoms with Crippen molar-refractivity contribution in [1.29, 1.82) is 0 Å². The Hall–Kier alpha value is -3.42. The average molecular weight is 410 g/mol. The number of piperidine rings is 1. The Morgan fingerprint density at radius 2 is 1.57 bits per heavy atom. The minimum Gasteiger partial charge on any atom is -0.366 e. The summed E-state index contributed by atoms with van der Waals surface area (Å²) >= 11 is 0. The van der Waals surface area contributed by atoms with Crippen LogP contribution in [0.5, 0.6) is 0 Å². The first-order valence-electron chi connectivity index (χ1n) is 10.1. The number of nitrogens with zero attached hydrogens (tertiary/aromatic N) is 2. The molecule has 158 valence electrons. The maximum atomic E-state index is 12.6. The van der Waals surface area contributed by atoms with Crippen LogP contribution in [0.1, 0.15) is 26.7 Å². The molecule has 0 bridgehead atoms. The summed E-state index contributed by atoms with van der Waals surface area (Å²) in [5, 5.41) is 17.0. The molecule has 1 fully saturated rings. The van der Waals surface area contributed by atoms with Crippen LogP contribution in [0.3, 0.4) is 0 Å². The van der Waals surface area contributed by atoms with Crippen LogP contribution >= 0.6 is 0 Å². The van der Waals surface area contributed by atoms with Crippen LogP contribution in [0.15, 0.2) is 48.5 Å². The van der Waals surface area contributed by atoms with Crippen molar-refractivity contribution in [2.24, 2.45) is 11.8 Å². The molecule has 0 atom stereocenters. The summed E-state index contributed by atoms with van der Waals surface area (Å²) in [6, 6.07) is 13.7. The molecule has 0 radical (unpaired) electrons. The van der Waals surface area contributed by atoms with E-state index in [0.29, 0.717) is 43.0 Å². The van der Waals surface area contributed by atoms with Crippen LogP contribution in [0.25, 0.3) is 0 Å². The van der Waals surface area contributed by atoms with Gasteiger partial charge in [-0.25, -0.2) is 0 Å². The summed E-state index contributed by atoms with van der Waals surface area (Å²) < 4.78 is 0. The quantitative estimate of drug-likeness (QED) is 0.552. The van der Waals surface area contributed by atoms with E-state index in [1.807, 2.05) is 18.7 Å². The lowest BCUT2D eigenvalue weighted by Crippen LogP contribution is -2.38. The highest BCUT2D eigenvalue weighted by atomic mass is 16.6. The van der Waals surface area contributed by atoms with Gasteiger partial charge in [0, 0.05) is 42.4 Å². The number of hydrogen-bond acceptors (Lipinski definition) is 5. The van der Waals surface area contributed by atoms with Crippen LogP contribution in [0, 0.1) is 22.0 Å². The molecule has 2 aromatic carbocycles. The number of nitrogens with one attached hydrogen (secondary N) is 2. The Balaban J connectivity index is 1.55. The van der Waals surface area contributed by atoms with E-state index < -0.39 is 0 Å². The van der Waals surface area contributed by atoms with Gasteiger partial charge in [-0.15, -0.1) is 0 Å². The minimum atomic E-state index is -0.374. The molecule has 1 aliphatic rings. The fraction of sp³-hybridized carbons (Fsp3) is 0.364. The number of carbonyl (C=O) groups is 2. The first-order chi connectivity index (χ1) is 14.3. The van der Waals surface area contributed by atoms with Gasteiger partial charge in [-0.2, -0.15) is 0 Å². The molecule has 30 heavy (non-hydrogen) atoms. The normalized spacial score (nSPS) is 14.4. The molecule has 0 aromatic heterocycles. The highest BCUT2D eigenvalue weighted by molar-refractivity contribution is 5.94. The second kappa shape index (κ2) is 9.39. The largest absolute Gasteiger partial charge is 0.366 e. The van der Waals surface area contributed by atoms with Crippen molar-refractivity contribution < 1.29 is 14.5 Å². The zero-order valence-electron chi connectivity index (χ0n) is 17.1. The van der Waals surface area contributed by atoms with Crippen molar-refractivity contribution in [2.45, 2.75) is 26.7 Å². The van der Waals surface area contributed by atoms with E-state index in [1.54, 1.807) is 42.5 Å². The Labute approximate surface area is 175 Å². The molecule has 2 amide bonds. The number of amides is 2. The molecular weight excluding hydrogens is 384 g/mol. The van der Waals surface area contributed by atoms with Crippen molar-refractivity contribution in [1.82, 2.24) is 0 Å². The predicted octanol–water partition coefficient (Wildman–Crippen LogP) is 4.04. The molecule has 3 rings (SSSR count). The van der Waals surface area contributed by atoms with Gasteiger partial charge in [-0.1, -0.05) is 26.0 Å². The average Bonchev–Trinajstić information content (AvgIpc) is 2.75. The van der Waals surface area contributed by atoms with Gasteiger partial charge < -0.3 is 15.5 Å². The maximum Gasteiger partial charge on any atom is 0.292 e. The Kier molecular flexibility index (Phi) is 6.66. The van der Waals surface area contributed by atoms with Gasteiger partial charge in [0.05, 0.1) is 4.92 Å². The zero-order chi connectivity index (χ0) is 21.7. The van der Waals surface area contributed by atoms with E-state index >= 15 is 0 Å². The first kappa shape index (κ1) is 21.3. The predicted molar refractivity (Wildman–Crippen MR) is 117 cm³/mol. The number of hydrogen-bond donors (Lipinski definition) is 2. The summed E-state index contributed by atoms with van der Waals surface area (Å²) in [7, 11) is 0. The summed E-state index contributed by atoms with van der Waals surface area (Å²) in [6.45, 7) is 4.82. The van der Waals surface area contributed by atoms with Crippen LogP contribution in [0.2, 0.25) is 0 Å². The third kappa shape index (κ3) is 5.14. The third-order valence-corrected chi connectivity index (χ3v) is 5.23. The lowest BCUT2D eigenvalue weighted by molar-refractivity contribution is -0.384. The number of nitro benzene ring substituents is 1. The number of para-hydroxylation sites is 2. The Bertz CT molecular complexity index is 919. The maximum absolute atomic E-state index is 12.6. The SMILES string of the molecule is CC(C)C(=O)Nc1ccc(NC(=O)C2CCN(c3ccccc3[N+](=O)[O-])CC2)cc1. The number of carbonyl (C=O) groups excluding carboxylic acids is 2. The minimum absolute atomic E-state index is 0.0581. The lowest BCUT2D eigenvalue weighted by Gasteiger charge is -2.32. The standard InChI is InChI=1S/C22H26N4O4/c1-15(2)21(27)23-17-7-9-18(10-8-17)24-22(28)16-11-13-25(14-12-16)19-5-3-4-6-20(19)26(29)30/h3-10,15-16H,11-14H2,1-2H3,(H,23,27)(H,24,28). The van der Waals surface area contributed by atoms with E-state index in [9.17, 15) is 19.7 Å². The summed E-state index contributed by atoms with van der Waals surface area (Å²) in [5.41, 5.74) is 2.04. The summed E-state index contributed by atoms with van der Waals surface area (Å²) in [6.07, 6.45) is 1.25. The van der Waals surface area contributed by atoms with Crippen molar-refractivity contribution in [3.63, 3.8) is 0 Å². The van der Waals surface area contributed by atoms with E-state index in [4.69, 9.17) is 0 Å². The van der Waals surface area contributed by atoms with E-state index in [-0.39, 0.29) is 34.3 Å². The van der Waals surface area contributed by atoms with Crippen LogP contribution in [-0.4, -0.2) is 29.8 Å². The zero-order valence-corrected chi connectivity index (χ0v) is 17.1. The molecule has 8 heteroatoms. The van der Waals surface area contributed by atoms with E-state index in [1.165, 1.54) is 6.07 Å². The Morgan fingerprint density at radius 1 is 1.00 bits per heavy atom. The molecule has 1 aliphatic heterocycles. The topological polar surface area (TPSA) is 105 Å². The molecule has 0 saturated carbocycles. The van der Waals surface area contributed by atoms with Crippen LogP contribution in [-0.2, 0) is 9.59 Å². The molecule has 2 aromatic rings. The van der Waals surface area contributed by atoms with Crippen molar-refractivity contribution >= 4 is 34.6 Å². The number of rotatable bonds is 6. The summed E-state index contributed by atoms with van der Waals surface area (Å²) in [4.78, 5) is 37.2.